The molecule has 0 N–H and O–H groups in total. The van der Waals surface area contributed by atoms with Crippen molar-refractivity contribution in [3.63, 3.8) is 0 Å². The van der Waals surface area contributed by atoms with Crippen molar-refractivity contribution in [2.45, 2.75) is 71.1 Å². The number of hydrogen-bond donors (Lipinski definition) is 0. The zero-order chi connectivity index (χ0) is 45.1. The van der Waals surface area contributed by atoms with Gasteiger partial charge in [-0.3, -0.25) is 0 Å². The lowest BCUT2D eigenvalue weighted by molar-refractivity contribution is 0.586. The van der Waals surface area contributed by atoms with Gasteiger partial charge in [0.25, 0.3) is 0 Å². The van der Waals surface area contributed by atoms with Crippen molar-refractivity contribution in [3.05, 3.63) is 244 Å². The summed E-state index contributed by atoms with van der Waals surface area (Å²) < 4.78 is 0. The summed E-state index contributed by atoms with van der Waals surface area (Å²) in [6, 6.07) is 73.8. The van der Waals surface area contributed by atoms with E-state index in [-0.39, 0.29) is 10.8 Å². The first kappa shape index (κ1) is 40.3. The van der Waals surface area contributed by atoms with Crippen molar-refractivity contribution < 1.29 is 0 Å². The van der Waals surface area contributed by atoms with E-state index in [1.54, 1.807) is 0 Å². The third kappa shape index (κ3) is 6.06. The number of aryl methyl sites for hydroxylation is 1. The van der Waals surface area contributed by atoms with E-state index >= 15 is 0 Å². The summed E-state index contributed by atoms with van der Waals surface area (Å²) in [5.74, 6) is 0. The predicted octanol–water partition coefficient (Wildman–Crippen LogP) is 17.3. The van der Waals surface area contributed by atoms with Crippen LogP contribution in [0.15, 0.2) is 194 Å². The Labute approximate surface area is 391 Å². The molecule has 1 heteroatoms. The van der Waals surface area contributed by atoms with Gasteiger partial charge in [0.05, 0.1) is 5.41 Å². The van der Waals surface area contributed by atoms with Gasteiger partial charge in [-0.15, -0.1) is 0 Å². The van der Waals surface area contributed by atoms with Gasteiger partial charge in [-0.1, -0.05) is 199 Å². The molecule has 320 valence electrons. The molecule has 1 unspecified atom stereocenters. The maximum atomic E-state index is 2.57. The van der Waals surface area contributed by atoms with Crippen LogP contribution < -0.4 is 4.90 Å². The highest BCUT2D eigenvalue weighted by atomic mass is 15.1. The normalized spacial score (nSPS) is 15.2. The highest BCUT2D eigenvalue weighted by Crippen LogP contribution is 2.66. The first-order chi connectivity index (χ1) is 31.9. The van der Waals surface area contributed by atoms with E-state index in [4.69, 9.17) is 0 Å². The summed E-state index contributed by atoms with van der Waals surface area (Å²) in [6.07, 6.45) is 0.940. The Hall–Kier alpha value is -7.22. The largest absolute Gasteiger partial charge is 0.310 e. The summed E-state index contributed by atoms with van der Waals surface area (Å²) in [7, 11) is 0. The maximum Gasteiger partial charge on any atom is 0.0731 e. The van der Waals surface area contributed by atoms with Crippen LogP contribution in [0.3, 0.4) is 0 Å². The van der Waals surface area contributed by atoms with Crippen molar-refractivity contribution in [1.29, 1.82) is 0 Å². The lowest BCUT2D eigenvalue weighted by Crippen LogP contribution is -2.28. The molecule has 1 atom stereocenters. The minimum absolute atomic E-state index is 0.0193. The van der Waals surface area contributed by atoms with Gasteiger partial charge in [0.1, 0.15) is 0 Å². The van der Waals surface area contributed by atoms with E-state index in [1.807, 2.05) is 0 Å². The monoisotopic (exact) mass is 849 g/mol. The predicted molar refractivity (Wildman–Crippen MR) is 279 cm³/mol. The summed E-state index contributed by atoms with van der Waals surface area (Å²) in [5, 5.41) is 0. The van der Waals surface area contributed by atoms with Crippen LogP contribution in [0.2, 0.25) is 0 Å². The smallest absolute Gasteiger partial charge is 0.0731 e. The lowest BCUT2D eigenvalue weighted by Gasteiger charge is -2.34. The average Bonchev–Trinajstić information content (AvgIpc) is 3.95. The molecule has 12 rings (SSSR count). The van der Waals surface area contributed by atoms with Gasteiger partial charge < -0.3 is 4.90 Å². The molecule has 0 amide bonds. The van der Waals surface area contributed by atoms with Gasteiger partial charge in [-0.25, -0.2) is 0 Å². The summed E-state index contributed by atoms with van der Waals surface area (Å²) in [5.41, 5.74) is 28.2. The molecule has 0 aliphatic heterocycles. The van der Waals surface area contributed by atoms with Crippen molar-refractivity contribution in [2.75, 3.05) is 4.90 Å². The van der Waals surface area contributed by atoms with Gasteiger partial charge in [-0.05, 0) is 166 Å². The minimum atomic E-state index is -0.515. The minimum Gasteiger partial charge on any atom is -0.310 e. The number of nitrogens with zero attached hydrogens (tertiary/aromatic N) is 1. The quantitative estimate of drug-likeness (QED) is 0.167. The number of rotatable bonds is 5. The second-order valence-electron chi connectivity index (χ2n) is 21.0. The van der Waals surface area contributed by atoms with Crippen LogP contribution >= 0.6 is 0 Å². The fourth-order valence-corrected chi connectivity index (χ4v) is 11.7. The summed E-state index contributed by atoms with van der Waals surface area (Å²) >= 11 is 0. The molecule has 1 nitrogen and oxygen atoms in total. The van der Waals surface area contributed by atoms with Crippen LogP contribution in [0.25, 0.3) is 55.6 Å². The standard InChI is InChI=1S/C65H55N/c1-41-35-48(64(5,6)7)40-60-61(41)57-33-29-47(63(2,3)4)39-59(57)65(60)58-26-14-13-23-55(58)56-25-16-24-54(62(56)65)45-20-15-21-50(37-45)66(49-30-27-43(28-31-49)42-17-9-8-10-18-42)51-32-34-53-46(38-51)36-44-19-11-12-22-52(44)53/h8-35,37-40H,36H2,1-7H3. The summed E-state index contributed by atoms with van der Waals surface area (Å²) in [4.78, 5) is 2.46. The van der Waals surface area contributed by atoms with Gasteiger partial charge in [0.15, 0.2) is 0 Å². The molecule has 0 saturated heterocycles. The van der Waals surface area contributed by atoms with E-state index in [1.165, 1.54) is 106 Å². The molecule has 1 spiro atoms. The molecule has 0 radical (unpaired) electrons. The zero-order valence-corrected chi connectivity index (χ0v) is 39.1. The third-order valence-electron chi connectivity index (χ3n) is 14.9. The Morgan fingerprint density at radius 1 is 0.379 bits per heavy atom. The number of anilines is 3. The first-order valence-corrected chi connectivity index (χ1v) is 23.7. The van der Waals surface area contributed by atoms with Crippen LogP contribution in [-0.2, 0) is 22.7 Å². The van der Waals surface area contributed by atoms with Crippen LogP contribution in [0.4, 0.5) is 17.1 Å². The zero-order valence-electron chi connectivity index (χ0n) is 39.1. The second kappa shape index (κ2) is 14.6. The van der Waals surface area contributed by atoms with E-state index in [9.17, 15) is 0 Å². The van der Waals surface area contributed by atoms with E-state index < -0.39 is 5.41 Å². The molecule has 9 aromatic rings. The summed E-state index contributed by atoms with van der Waals surface area (Å²) in [6.45, 7) is 16.4. The Kier molecular flexibility index (Phi) is 8.94. The Morgan fingerprint density at radius 2 is 0.970 bits per heavy atom. The molecular weight excluding hydrogens is 795 g/mol. The average molecular weight is 850 g/mol. The van der Waals surface area contributed by atoms with Crippen molar-refractivity contribution in [2.24, 2.45) is 0 Å². The molecule has 66 heavy (non-hydrogen) atoms. The molecule has 3 aliphatic carbocycles. The number of benzene rings is 9. The molecule has 3 aliphatic rings. The number of fused-ring (bicyclic) bond motifs is 13. The SMILES string of the molecule is Cc1cc(C(C)(C)C)cc2c1-c1ccc(C(C)(C)C)cc1C21c2ccccc2-c2cccc(-c3cccc(N(c4ccc(-c5ccccc5)cc4)c4ccc5c(c4)Cc4ccccc4-5)c3)c21. The maximum absolute atomic E-state index is 2.57. The third-order valence-corrected chi connectivity index (χ3v) is 14.9. The van der Waals surface area contributed by atoms with Crippen LogP contribution in [0.1, 0.15) is 91.6 Å². The Balaban J connectivity index is 1.09. The highest BCUT2D eigenvalue weighted by molar-refractivity contribution is 6.00. The highest BCUT2D eigenvalue weighted by Gasteiger charge is 2.53. The fourth-order valence-electron chi connectivity index (χ4n) is 11.7. The van der Waals surface area contributed by atoms with Crippen molar-refractivity contribution in [1.82, 2.24) is 0 Å². The van der Waals surface area contributed by atoms with Gasteiger partial charge >= 0.3 is 0 Å². The van der Waals surface area contributed by atoms with E-state index in [0.717, 1.165) is 23.5 Å². The Morgan fingerprint density at radius 3 is 1.76 bits per heavy atom. The molecular formula is C65H55N. The van der Waals surface area contributed by atoms with E-state index in [2.05, 4.69) is 247 Å². The molecule has 0 fully saturated rings. The van der Waals surface area contributed by atoms with E-state index in [0.29, 0.717) is 0 Å². The van der Waals surface area contributed by atoms with Crippen LogP contribution in [0.5, 0.6) is 0 Å². The molecule has 9 aromatic carbocycles. The van der Waals surface area contributed by atoms with Gasteiger partial charge in [-0.2, -0.15) is 0 Å². The fraction of sp³-hybridized carbons (Fsp3) is 0.169. The molecule has 0 heterocycles. The molecule has 0 bridgehead atoms. The van der Waals surface area contributed by atoms with Crippen LogP contribution in [0, 0.1) is 6.92 Å². The molecule has 0 saturated carbocycles. The Bertz CT molecular complexity index is 3410. The molecule has 0 aromatic heterocycles. The van der Waals surface area contributed by atoms with Gasteiger partial charge in [0.2, 0.25) is 0 Å². The first-order valence-electron chi connectivity index (χ1n) is 23.7. The second-order valence-corrected chi connectivity index (χ2v) is 21.0. The van der Waals surface area contributed by atoms with Crippen LogP contribution in [-0.4, -0.2) is 0 Å². The topological polar surface area (TPSA) is 3.24 Å². The lowest BCUT2D eigenvalue weighted by atomic mass is 9.67. The van der Waals surface area contributed by atoms with Crippen molar-refractivity contribution >= 4 is 17.1 Å². The van der Waals surface area contributed by atoms with Gasteiger partial charge in [0, 0.05) is 17.1 Å². The van der Waals surface area contributed by atoms with Crippen molar-refractivity contribution in [3.8, 4) is 55.6 Å². The number of hydrogen-bond acceptors (Lipinski definition) is 1.